The van der Waals surface area contributed by atoms with Crippen molar-refractivity contribution in [3.8, 4) is 5.69 Å². The van der Waals surface area contributed by atoms with Crippen LogP contribution >= 0.6 is 11.8 Å². The van der Waals surface area contributed by atoms with Crippen LogP contribution in [0.15, 0.2) is 30.5 Å². The average Bonchev–Trinajstić information content (AvgIpc) is 3.68. The number of rotatable bonds is 6. The molecule has 3 saturated heterocycles. The molecule has 6 rings (SSSR count). The van der Waals surface area contributed by atoms with Gasteiger partial charge in [-0.2, -0.15) is 0 Å². The van der Waals surface area contributed by atoms with E-state index in [1.807, 2.05) is 19.1 Å². The summed E-state index contributed by atoms with van der Waals surface area (Å²) in [6.45, 7) is 7.30. The second-order valence-electron chi connectivity index (χ2n) is 14.0. The SMILES string of the molecule is CC(C)C[C@@H]1CCO[C@@H]2[C@H](CN[C@@H]2C(=O)N[C@H]2[C@H]3O[C@H](S[C@H](c4cn(-c5cc(F)c(F)cc5F)nn4)CC=C[C@H]2C)[C@H](O)[C@@H](O)[C@H]3O)C1.O=CO. The van der Waals surface area contributed by atoms with Crippen molar-refractivity contribution in [2.75, 3.05) is 13.2 Å². The Kier molecular flexibility index (Phi) is 13.2. The minimum Gasteiger partial charge on any atom is -0.483 e. The third-order valence-electron chi connectivity index (χ3n) is 9.95. The number of allylic oxidation sites excluding steroid dienone is 1. The topological polar surface area (TPSA) is 188 Å². The Morgan fingerprint density at radius 1 is 1.14 bits per heavy atom. The number of hydrogen-bond donors (Lipinski definition) is 6. The highest BCUT2D eigenvalue weighted by Crippen LogP contribution is 2.42. The number of thioether (sulfide) groups is 1. The minimum atomic E-state index is -1.58. The van der Waals surface area contributed by atoms with E-state index in [9.17, 15) is 33.3 Å². The van der Waals surface area contributed by atoms with Gasteiger partial charge >= 0.3 is 0 Å². The lowest BCUT2D eigenvalue weighted by Crippen LogP contribution is -2.65. The summed E-state index contributed by atoms with van der Waals surface area (Å²) in [5.74, 6) is -2.93. The smallest absolute Gasteiger partial charge is 0.290 e. The first kappa shape index (κ1) is 39.2. The van der Waals surface area contributed by atoms with Crippen molar-refractivity contribution in [2.45, 2.75) is 99.7 Å². The molecule has 0 spiro atoms. The zero-order chi connectivity index (χ0) is 37.0. The zero-order valence-electron chi connectivity index (χ0n) is 28.5. The molecule has 1 aromatic carbocycles. The molecule has 12 atom stereocenters. The summed E-state index contributed by atoms with van der Waals surface area (Å²) < 4.78 is 55.3. The molecule has 1 aromatic heterocycles. The number of hydrogen-bond acceptors (Lipinski definition) is 11. The van der Waals surface area contributed by atoms with Crippen LogP contribution in [0.25, 0.3) is 5.69 Å². The fraction of sp³-hybridized carbons (Fsp3) is 0.647. The Balaban J connectivity index is 0.00000162. The monoisotopic (exact) mass is 741 g/mol. The van der Waals surface area contributed by atoms with Crippen molar-refractivity contribution in [3.05, 3.63) is 53.6 Å². The molecule has 4 aliphatic heterocycles. The van der Waals surface area contributed by atoms with Gasteiger partial charge in [-0.05, 0) is 49.4 Å². The maximum absolute atomic E-state index is 14.5. The van der Waals surface area contributed by atoms with Crippen LogP contribution in [0.5, 0.6) is 0 Å². The van der Waals surface area contributed by atoms with Gasteiger partial charge in [0.1, 0.15) is 41.6 Å². The second-order valence-corrected chi connectivity index (χ2v) is 15.3. The Hall–Kier alpha value is -3.06. The molecular weight excluding hydrogens is 695 g/mol. The van der Waals surface area contributed by atoms with Crippen molar-refractivity contribution >= 4 is 24.1 Å². The van der Waals surface area contributed by atoms with Gasteiger partial charge in [-0.25, -0.2) is 17.9 Å². The maximum atomic E-state index is 14.5. The summed E-state index contributed by atoms with van der Waals surface area (Å²) in [5, 5.41) is 53.9. The number of ether oxygens (including phenoxy) is 2. The first-order valence-corrected chi connectivity index (χ1v) is 18.1. The molecule has 6 N–H and O–H groups in total. The number of nitrogens with one attached hydrogen (secondary N) is 2. The average molecular weight is 742 g/mol. The van der Waals surface area contributed by atoms with E-state index in [0.29, 0.717) is 49.2 Å². The van der Waals surface area contributed by atoms with E-state index in [1.54, 1.807) is 0 Å². The molecular formula is C34H46F3N5O8S. The highest BCUT2D eigenvalue weighted by Gasteiger charge is 2.50. The fourth-order valence-electron chi connectivity index (χ4n) is 7.50. The van der Waals surface area contributed by atoms with Crippen molar-refractivity contribution in [1.82, 2.24) is 25.6 Å². The third-order valence-corrected chi connectivity index (χ3v) is 11.4. The first-order chi connectivity index (χ1) is 24.3. The maximum Gasteiger partial charge on any atom is 0.290 e. The number of nitrogens with zero attached hydrogens (tertiary/aromatic N) is 3. The molecule has 4 aliphatic rings. The third kappa shape index (κ3) is 8.95. The van der Waals surface area contributed by atoms with Crippen LogP contribution in [-0.4, -0.2) is 109 Å². The Morgan fingerprint density at radius 2 is 1.86 bits per heavy atom. The number of benzene rings is 1. The Bertz CT molecular complexity index is 1540. The second kappa shape index (κ2) is 17.2. The van der Waals surface area contributed by atoms with Gasteiger partial charge in [0.2, 0.25) is 5.91 Å². The molecule has 0 radical (unpaired) electrons. The van der Waals surface area contributed by atoms with E-state index >= 15 is 0 Å². The lowest BCUT2D eigenvalue weighted by atomic mass is 9.85. The van der Waals surface area contributed by atoms with Crippen LogP contribution in [0.3, 0.4) is 0 Å². The van der Waals surface area contributed by atoms with Crippen molar-refractivity contribution in [1.29, 1.82) is 0 Å². The summed E-state index contributed by atoms with van der Waals surface area (Å²) in [6, 6.07) is -0.241. The lowest BCUT2D eigenvalue weighted by Gasteiger charge is -2.45. The summed E-state index contributed by atoms with van der Waals surface area (Å²) >= 11 is 1.11. The molecule has 5 heterocycles. The molecule has 3 fully saturated rings. The Morgan fingerprint density at radius 3 is 2.59 bits per heavy atom. The quantitative estimate of drug-likeness (QED) is 0.145. The number of carbonyl (C=O) groups excluding carboxylic acids is 1. The van der Waals surface area contributed by atoms with Gasteiger partial charge in [-0.15, -0.1) is 16.9 Å². The molecule has 13 nitrogen and oxygen atoms in total. The van der Waals surface area contributed by atoms with Crippen LogP contribution < -0.4 is 10.6 Å². The summed E-state index contributed by atoms with van der Waals surface area (Å²) in [7, 11) is 0. The van der Waals surface area contributed by atoms with E-state index in [-0.39, 0.29) is 36.0 Å². The minimum absolute atomic E-state index is 0.205. The molecule has 1 amide bonds. The summed E-state index contributed by atoms with van der Waals surface area (Å²) in [4.78, 5) is 22.2. The number of amides is 1. The largest absolute Gasteiger partial charge is 0.483 e. The van der Waals surface area contributed by atoms with Crippen LogP contribution in [0, 0.1) is 41.1 Å². The number of fused-ring (bicyclic) bond motifs is 3. The first-order valence-electron chi connectivity index (χ1n) is 17.1. The number of aliphatic hydroxyl groups excluding tert-OH is 3. The lowest BCUT2D eigenvalue weighted by molar-refractivity contribution is -0.207. The van der Waals surface area contributed by atoms with Crippen LogP contribution in [-0.2, 0) is 19.1 Å². The molecule has 2 bridgehead atoms. The van der Waals surface area contributed by atoms with Crippen molar-refractivity contribution < 1.29 is 52.7 Å². The predicted octanol–water partition coefficient (Wildman–Crippen LogP) is 2.48. The highest BCUT2D eigenvalue weighted by molar-refractivity contribution is 8.00. The molecule has 282 valence electrons. The molecule has 17 heteroatoms. The predicted molar refractivity (Wildman–Crippen MR) is 179 cm³/mol. The van der Waals surface area contributed by atoms with Crippen molar-refractivity contribution in [2.24, 2.45) is 23.7 Å². The number of carboxylic acid groups (broad SMARTS) is 1. The standard InChI is InChI=1S/C33H44F3N5O6S.CH2O2/c1-15(2)9-17-7-8-46-30-18(10-17)13-37-26(30)32(45)38-25-16(3)5-4-6-24(48-33-29(44)27(42)28(43)31(25)47-33)22-14-41(40-39-22)23-12-20(35)19(34)11-21(23)36;2-1-3/h4-5,11-12,14-18,24-31,33,37,42-44H,6-10,13H2,1-3H3,(H,38,45);1H,(H,2,3)/t16-,17+,18+,24+,25-,26+,27+,28-,29-,30-,31-,33-;/m1./s1. The van der Waals surface area contributed by atoms with E-state index < -0.39 is 64.6 Å². The van der Waals surface area contributed by atoms with Gasteiger partial charge in [0.05, 0.1) is 29.3 Å². The van der Waals surface area contributed by atoms with Crippen LogP contribution in [0.2, 0.25) is 0 Å². The van der Waals surface area contributed by atoms with Gasteiger partial charge < -0.3 is 40.5 Å². The summed E-state index contributed by atoms with van der Waals surface area (Å²) in [6.07, 6.45) is 2.57. The van der Waals surface area contributed by atoms with Gasteiger partial charge in [0.15, 0.2) is 17.5 Å². The van der Waals surface area contributed by atoms with Gasteiger partial charge in [0, 0.05) is 25.3 Å². The number of aliphatic hydroxyl groups is 3. The van der Waals surface area contributed by atoms with E-state index in [0.717, 1.165) is 35.7 Å². The fourth-order valence-corrected chi connectivity index (χ4v) is 8.80. The number of carbonyl (C=O) groups is 2. The molecule has 51 heavy (non-hydrogen) atoms. The number of halogens is 3. The van der Waals surface area contributed by atoms with Gasteiger partial charge in [0.25, 0.3) is 6.47 Å². The molecule has 0 unspecified atom stereocenters. The highest BCUT2D eigenvalue weighted by atomic mass is 32.2. The van der Waals surface area contributed by atoms with Gasteiger partial charge in [-0.1, -0.05) is 38.1 Å². The summed E-state index contributed by atoms with van der Waals surface area (Å²) in [5.41, 5.74) is -1.06. The molecule has 0 aliphatic carbocycles. The van der Waals surface area contributed by atoms with Gasteiger partial charge in [-0.3, -0.25) is 9.59 Å². The molecule has 2 aromatic rings. The van der Waals surface area contributed by atoms with E-state index in [2.05, 4.69) is 34.8 Å². The molecule has 0 saturated carbocycles. The number of aromatic nitrogens is 3. The van der Waals surface area contributed by atoms with E-state index in [1.165, 1.54) is 6.20 Å². The zero-order valence-corrected chi connectivity index (χ0v) is 29.3. The van der Waals surface area contributed by atoms with E-state index in [4.69, 9.17) is 19.4 Å². The van der Waals surface area contributed by atoms with Crippen LogP contribution in [0.1, 0.15) is 57.4 Å². The van der Waals surface area contributed by atoms with Crippen molar-refractivity contribution in [3.63, 3.8) is 0 Å². The Labute approximate surface area is 298 Å². The van der Waals surface area contributed by atoms with Crippen LogP contribution in [0.4, 0.5) is 13.2 Å². The normalized spacial score (nSPS) is 35.3.